The van der Waals surface area contributed by atoms with Gasteiger partial charge < -0.3 is 19.4 Å². The second kappa shape index (κ2) is 3.81. The number of phenolic OH excluding ortho intramolecular Hbond substituents is 1. The molecule has 1 heterocycles. The van der Waals surface area contributed by atoms with E-state index in [-0.39, 0.29) is 18.5 Å². The van der Waals surface area contributed by atoms with Crippen molar-refractivity contribution in [1.29, 1.82) is 0 Å². The van der Waals surface area contributed by atoms with Crippen molar-refractivity contribution in [2.24, 2.45) is 0 Å². The van der Waals surface area contributed by atoms with Gasteiger partial charge in [0.2, 0.25) is 6.79 Å². The molecule has 0 spiro atoms. The van der Waals surface area contributed by atoms with Gasteiger partial charge in [-0.05, 0) is 18.1 Å². The lowest BCUT2D eigenvalue weighted by molar-refractivity contribution is -0.108. The minimum absolute atomic E-state index is 0.0702. The number of carbonyl (C=O) groups is 1. The lowest BCUT2D eigenvalue weighted by atomic mass is 9.96. The molecule has 0 amide bonds. The average molecular weight is 208 g/mol. The van der Waals surface area contributed by atoms with E-state index in [1.54, 1.807) is 12.1 Å². The van der Waals surface area contributed by atoms with Gasteiger partial charge in [0.15, 0.2) is 11.5 Å². The largest absolute Gasteiger partial charge is 0.508 e. The molecule has 0 saturated heterocycles. The second-order valence-corrected chi connectivity index (χ2v) is 3.54. The number of fused-ring (bicyclic) bond motifs is 1. The van der Waals surface area contributed by atoms with Crippen LogP contribution in [0.15, 0.2) is 12.1 Å². The zero-order valence-corrected chi connectivity index (χ0v) is 8.40. The smallest absolute Gasteiger partial charge is 0.231 e. The molecule has 0 aliphatic carbocycles. The summed E-state index contributed by atoms with van der Waals surface area (Å²) < 4.78 is 10.5. The van der Waals surface area contributed by atoms with E-state index < -0.39 is 0 Å². The molecular formula is C11H12O4. The molecule has 2 rings (SSSR count). The lowest BCUT2D eigenvalue weighted by Crippen LogP contribution is -1.98. The van der Waals surface area contributed by atoms with Crippen LogP contribution in [0.25, 0.3) is 0 Å². The third kappa shape index (κ3) is 1.63. The van der Waals surface area contributed by atoms with Crippen LogP contribution in [0.1, 0.15) is 24.8 Å². The van der Waals surface area contributed by atoms with Gasteiger partial charge >= 0.3 is 0 Å². The third-order valence-electron chi connectivity index (χ3n) is 2.50. The number of benzene rings is 1. The SMILES string of the molecule is CC(CC=O)c1c(O)ccc2c1OCO2. The van der Waals surface area contributed by atoms with Crippen LogP contribution in [0.2, 0.25) is 0 Å². The van der Waals surface area contributed by atoms with Crippen molar-refractivity contribution in [3.63, 3.8) is 0 Å². The van der Waals surface area contributed by atoms with E-state index in [1.807, 2.05) is 6.92 Å². The summed E-state index contributed by atoms with van der Waals surface area (Å²) in [7, 11) is 0. The summed E-state index contributed by atoms with van der Waals surface area (Å²) >= 11 is 0. The van der Waals surface area contributed by atoms with Crippen LogP contribution in [-0.4, -0.2) is 18.2 Å². The predicted octanol–water partition coefficient (Wildman–Crippen LogP) is 1.81. The van der Waals surface area contributed by atoms with Crippen molar-refractivity contribution >= 4 is 6.29 Å². The van der Waals surface area contributed by atoms with Crippen LogP contribution in [0.5, 0.6) is 17.2 Å². The Hall–Kier alpha value is -1.71. The Morgan fingerprint density at radius 3 is 3.07 bits per heavy atom. The van der Waals surface area contributed by atoms with Crippen molar-refractivity contribution < 1.29 is 19.4 Å². The second-order valence-electron chi connectivity index (χ2n) is 3.54. The Morgan fingerprint density at radius 2 is 2.33 bits per heavy atom. The predicted molar refractivity (Wildman–Crippen MR) is 53.3 cm³/mol. The van der Waals surface area contributed by atoms with Crippen LogP contribution >= 0.6 is 0 Å². The first-order chi connectivity index (χ1) is 7.24. The molecule has 1 aliphatic rings. The summed E-state index contributed by atoms with van der Waals surface area (Å²) in [4.78, 5) is 10.4. The minimum Gasteiger partial charge on any atom is -0.508 e. The molecule has 80 valence electrons. The van der Waals surface area contributed by atoms with Crippen LogP contribution in [0, 0.1) is 0 Å². The normalized spacial score (nSPS) is 15.0. The fraction of sp³-hybridized carbons (Fsp3) is 0.364. The van der Waals surface area contributed by atoms with E-state index in [4.69, 9.17) is 9.47 Å². The molecule has 0 radical (unpaired) electrons. The van der Waals surface area contributed by atoms with Crippen molar-refractivity contribution in [2.45, 2.75) is 19.3 Å². The maximum absolute atomic E-state index is 10.4. The summed E-state index contributed by atoms with van der Waals surface area (Å²) in [5.41, 5.74) is 0.650. The maximum atomic E-state index is 10.4. The number of rotatable bonds is 3. The van der Waals surface area contributed by atoms with Crippen molar-refractivity contribution in [2.75, 3.05) is 6.79 Å². The van der Waals surface area contributed by atoms with E-state index >= 15 is 0 Å². The Balaban J connectivity index is 2.44. The van der Waals surface area contributed by atoms with E-state index in [0.717, 1.165) is 6.29 Å². The van der Waals surface area contributed by atoms with Gasteiger partial charge in [0, 0.05) is 12.0 Å². The van der Waals surface area contributed by atoms with Crippen molar-refractivity contribution in [3.05, 3.63) is 17.7 Å². The molecule has 15 heavy (non-hydrogen) atoms. The first-order valence-corrected chi connectivity index (χ1v) is 4.79. The van der Waals surface area contributed by atoms with Gasteiger partial charge in [-0.15, -0.1) is 0 Å². The van der Waals surface area contributed by atoms with Gasteiger partial charge in [0.25, 0.3) is 0 Å². The number of aromatic hydroxyl groups is 1. The maximum Gasteiger partial charge on any atom is 0.231 e. The number of phenols is 1. The number of ether oxygens (including phenoxy) is 2. The quantitative estimate of drug-likeness (QED) is 0.770. The van der Waals surface area contributed by atoms with Gasteiger partial charge in [-0.1, -0.05) is 6.92 Å². The van der Waals surface area contributed by atoms with Crippen molar-refractivity contribution in [1.82, 2.24) is 0 Å². The third-order valence-corrected chi connectivity index (χ3v) is 2.50. The number of aldehydes is 1. The van der Waals surface area contributed by atoms with E-state index in [0.29, 0.717) is 23.5 Å². The fourth-order valence-electron chi connectivity index (χ4n) is 1.72. The average Bonchev–Trinajstić information content (AvgIpc) is 2.65. The number of hydrogen-bond donors (Lipinski definition) is 1. The van der Waals surface area contributed by atoms with Gasteiger partial charge in [-0.25, -0.2) is 0 Å². The first kappa shape index (κ1) is 9.83. The van der Waals surface area contributed by atoms with E-state index in [9.17, 15) is 9.90 Å². The fourth-order valence-corrected chi connectivity index (χ4v) is 1.72. The van der Waals surface area contributed by atoms with Crippen LogP contribution in [0.4, 0.5) is 0 Å². The minimum atomic E-state index is -0.0702. The standard InChI is InChI=1S/C11H12O4/c1-7(4-5-12)10-8(13)2-3-9-11(10)15-6-14-9/h2-3,5,7,13H,4,6H2,1H3. The zero-order chi connectivity index (χ0) is 10.8. The van der Waals surface area contributed by atoms with E-state index in [2.05, 4.69) is 0 Å². The summed E-state index contributed by atoms with van der Waals surface area (Å²) in [6.45, 7) is 2.03. The Kier molecular flexibility index (Phi) is 2.49. The highest BCUT2D eigenvalue weighted by molar-refractivity contribution is 5.59. The van der Waals surface area contributed by atoms with Gasteiger partial charge in [-0.2, -0.15) is 0 Å². The molecule has 0 fully saturated rings. The molecule has 1 unspecified atom stereocenters. The number of carbonyl (C=O) groups excluding carboxylic acids is 1. The van der Waals surface area contributed by atoms with Gasteiger partial charge in [0.1, 0.15) is 12.0 Å². The first-order valence-electron chi connectivity index (χ1n) is 4.79. The summed E-state index contributed by atoms with van der Waals surface area (Å²) in [6.07, 6.45) is 1.19. The van der Waals surface area contributed by atoms with Crippen molar-refractivity contribution in [3.8, 4) is 17.2 Å². The molecule has 1 aliphatic heterocycles. The monoisotopic (exact) mass is 208 g/mol. The zero-order valence-electron chi connectivity index (χ0n) is 8.40. The summed E-state index contributed by atoms with van der Waals surface area (Å²) in [5.74, 6) is 1.26. The van der Waals surface area contributed by atoms with E-state index in [1.165, 1.54) is 0 Å². The molecule has 0 aromatic heterocycles. The highest BCUT2D eigenvalue weighted by Crippen LogP contribution is 2.44. The van der Waals surface area contributed by atoms with Gasteiger partial charge in [0.05, 0.1) is 0 Å². The molecule has 4 heteroatoms. The summed E-state index contributed by atoms with van der Waals surface area (Å²) in [5, 5.41) is 9.72. The molecule has 1 aromatic rings. The molecule has 1 aromatic carbocycles. The highest BCUT2D eigenvalue weighted by Gasteiger charge is 2.24. The Bertz CT molecular complexity index is 386. The topological polar surface area (TPSA) is 55.8 Å². The van der Waals surface area contributed by atoms with Crippen LogP contribution < -0.4 is 9.47 Å². The molecule has 4 nitrogen and oxygen atoms in total. The van der Waals surface area contributed by atoms with Gasteiger partial charge in [-0.3, -0.25) is 0 Å². The Morgan fingerprint density at radius 1 is 1.53 bits per heavy atom. The molecule has 0 bridgehead atoms. The van der Waals surface area contributed by atoms with Crippen LogP contribution in [-0.2, 0) is 4.79 Å². The molecule has 1 atom stereocenters. The molecule has 1 N–H and O–H groups in total. The summed E-state index contributed by atoms with van der Waals surface area (Å²) in [6, 6.07) is 3.22. The number of hydrogen-bond acceptors (Lipinski definition) is 4. The van der Waals surface area contributed by atoms with Crippen LogP contribution in [0.3, 0.4) is 0 Å². The molecule has 0 saturated carbocycles. The lowest BCUT2D eigenvalue weighted by Gasteiger charge is -2.13. The highest BCUT2D eigenvalue weighted by atomic mass is 16.7. The molecular weight excluding hydrogens is 196 g/mol. The Labute approximate surface area is 87.4 Å².